The van der Waals surface area contributed by atoms with E-state index in [1.165, 1.54) is 12.1 Å². The van der Waals surface area contributed by atoms with Gasteiger partial charge in [-0.15, -0.1) is 0 Å². The van der Waals surface area contributed by atoms with Crippen LogP contribution in [0, 0.1) is 19.7 Å². The molecule has 3 aromatic rings. The number of carbonyl (C=O) groups is 2. The fraction of sp³-hybridized carbons (Fsp3) is 0.231. The summed E-state index contributed by atoms with van der Waals surface area (Å²) in [6.07, 6.45) is 0. The summed E-state index contributed by atoms with van der Waals surface area (Å²) in [5, 5.41) is 2.94. The lowest BCUT2D eigenvalue weighted by Gasteiger charge is -2.36. The Morgan fingerprint density at radius 1 is 0.844 bits per heavy atom. The SMILES string of the molecule is Cc1cc(C)cc(C(=O)Nc2ccc(N3CCN(C(=O)c4ccccc4F)CC3)cc2)c1. The smallest absolute Gasteiger partial charge is 0.256 e. The number of carbonyl (C=O) groups excluding carboxylic acids is 2. The predicted molar refractivity (Wildman–Crippen MR) is 125 cm³/mol. The molecule has 0 aromatic heterocycles. The number of rotatable bonds is 4. The van der Waals surface area contributed by atoms with Crippen LogP contribution in [0.25, 0.3) is 0 Å². The second-order valence-electron chi connectivity index (χ2n) is 8.14. The minimum absolute atomic E-state index is 0.116. The Labute approximate surface area is 187 Å². The van der Waals surface area contributed by atoms with Crippen LogP contribution in [0.2, 0.25) is 0 Å². The van der Waals surface area contributed by atoms with E-state index in [-0.39, 0.29) is 17.4 Å². The van der Waals surface area contributed by atoms with Crippen molar-refractivity contribution < 1.29 is 14.0 Å². The standard InChI is InChI=1S/C26H26FN3O2/c1-18-15-19(2)17-20(16-18)25(31)28-21-7-9-22(10-8-21)29-11-13-30(14-12-29)26(32)23-5-3-4-6-24(23)27/h3-10,15-17H,11-14H2,1-2H3,(H,28,31). The number of piperazine rings is 1. The zero-order valence-electron chi connectivity index (χ0n) is 18.3. The molecule has 0 spiro atoms. The average molecular weight is 432 g/mol. The number of anilines is 2. The maximum atomic E-state index is 13.9. The fourth-order valence-corrected chi connectivity index (χ4v) is 4.04. The highest BCUT2D eigenvalue weighted by atomic mass is 19.1. The van der Waals surface area contributed by atoms with Crippen LogP contribution >= 0.6 is 0 Å². The number of benzene rings is 3. The van der Waals surface area contributed by atoms with E-state index in [9.17, 15) is 14.0 Å². The lowest BCUT2D eigenvalue weighted by Crippen LogP contribution is -2.49. The van der Waals surface area contributed by atoms with E-state index in [1.807, 2.05) is 56.3 Å². The fourth-order valence-electron chi connectivity index (χ4n) is 4.04. The Morgan fingerprint density at radius 2 is 1.47 bits per heavy atom. The first-order valence-corrected chi connectivity index (χ1v) is 10.7. The normalized spacial score (nSPS) is 13.7. The van der Waals surface area contributed by atoms with E-state index in [0.717, 1.165) is 22.5 Å². The third-order valence-corrected chi connectivity index (χ3v) is 5.65. The summed E-state index contributed by atoms with van der Waals surface area (Å²) in [5.41, 5.74) is 4.61. The van der Waals surface area contributed by atoms with Gasteiger partial charge in [-0.2, -0.15) is 0 Å². The number of hydrogen-bond donors (Lipinski definition) is 1. The quantitative estimate of drug-likeness (QED) is 0.654. The number of hydrogen-bond acceptors (Lipinski definition) is 3. The van der Waals surface area contributed by atoms with Crippen molar-refractivity contribution in [2.75, 3.05) is 36.4 Å². The Kier molecular flexibility index (Phi) is 6.21. The first-order valence-electron chi connectivity index (χ1n) is 10.7. The van der Waals surface area contributed by atoms with E-state index < -0.39 is 5.82 Å². The Hall–Kier alpha value is -3.67. The van der Waals surface area contributed by atoms with Gasteiger partial charge in [0, 0.05) is 43.1 Å². The molecule has 1 fully saturated rings. The van der Waals surface area contributed by atoms with Gasteiger partial charge >= 0.3 is 0 Å². The molecule has 164 valence electrons. The molecule has 1 heterocycles. The molecule has 0 unspecified atom stereocenters. The zero-order chi connectivity index (χ0) is 22.7. The average Bonchev–Trinajstić information content (AvgIpc) is 2.79. The third kappa shape index (κ3) is 4.80. The predicted octanol–water partition coefficient (Wildman–Crippen LogP) is 4.66. The van der Waals surface area contributed by atoms with E-state index >= 15 is 0 Å². The van der Waals surface area contributed by atoms with Crippen LogP contribution in [0.5, 0.6) is 0 Å². The number of aryl methyl sites for hydroxylation is 2. The molecular formula is C26H26FN3O2. The third-order valence-electron chi connectivity index (χ3n) is 5.65. The number of amides is 2. The van der Waals surface area contributed by atoms with Crippen molar-refractivity contribution in [3.63, 3.8) is 0 Å². The van der Waals surface area contributed by atoms with Gasteiger partial charge in [0.15, 0.2) is 0 Å². The first-order chi connectivity index (χ1) is 15.4. The molecule has 0 radical (unpaired) electrons. The van der Waals surface area contributed by atoms with Crippen molar-refractivity contribution in [1.82, 2.24) is 4.90 Å². The second kappa shape index (κ2) is 9.22. The van der Waals surface area contributed by atoms with Gasteiger partial charge < -0.3 is 15.1 Å². The van der Waals surface area contributed by atoms with Crippen LogP contribution in [0.3, 0.4) is 0 Å². The maximum absolute atomic E-state index is 13.9. The van der Waals surface area contributed by atoms with Crippen molar-refractivity contribution in [3.05, 3.63) is 94.8 Å². The zero-order valence-corrected chi connectivity index (χ0v) is 18.3. The molecule has 0 bridgehead atoms. The highest BCUT2D eigenvalue weighted by molar-refractivity contribution is 6.04. The monoisotopic (exact) mass is 431 g/mol. The molecule has 1 aliphatic heterocycles. The van der Waals surface area contributed by atoms with Gasteiger partial charge in [0.1, 0.15) is 5.82 Å². The first kappa shape index (κ1) is 21.6. The van der Waals surface area contributed by atoms with E-state index in [4.69, 9.17) is 0 Å². The van der Waals surface area contributed by atoms with Crippen LogP contribution in [0.1, 0.15) is 31.8 Å². The van der Waals surface area contributed by atoms with Crippen molar-refractivity contribution in [2.24, 2.45) is 0 Å². The summed E-state index contributed by atoms with van der Waals surface area (Å²) in [5.74, 6) is -0.893. The van der Waals surface area contributed by atoms with Gasteiger partial charge in [-0.05, 0) is 62.4 Å². The molecule has 0 atom stereocenters. The Morgan fingerprint density at radius 3 is 2.09 bits per heavy atom. The maximum Gasteiger partial charge on any atom is 0.256 e. The molecule has 0 aliphatic carbocycles. The Bertz CT molecular complexity index is 1120. The number of halogens is 1. The lowest BCUT2D eigenvalue weighted by molar-refractivity contribution is 0.0742. The summed E-state index contributed by atoms with van der Waals surface area (Å²) >= 11 is 0. The summed E-state index contributed by atoms with van der Waals surface area (Å²) in [7, 11) is 0. The highest BCUT2D eigenvalue weighted by Gasteiger charge is 2.24. The van der Waals surface area contributed by atoms with E-state index in [2.05, 4.69) is 10.2 Å². The largest absolute Gasteiger partial charge is 0.368 e. The van der Waals surface area contributed by atoms with E-state index in [1.54, 1.807) is 17.0 Å². The van der Waals surface area contributed by atoms with Crippen molar-refractivity contribution in [2.45, 2.75) is 13.8 Å². The van der Waals surface area contributed by atoms with Crippen molar-refractivity contribution >= 4 is 23.2 Å². The summed E-state index contributed by atoms with van der Waals surface area (Å²) in [6, 6.07) is 19.6. The van der Waals surface area contributed by atoms with Gasteiger partial charge in [0.2, 0.25) is 0 Å². The molecule has 0 saturated carbocycles. The summed E-state index contributed by atoms with van der Waals surface area (Å²) < 4.78 is 13.9. The topological polar surface area (TPSA) is 52.7 Å². The molecule has 1 aliphatic rings. The van der Waals surface area contributed by atoms with Gasteiger partial charge in [0.25, 0.3) is 11.8 Å². The molecule has 1 N–H and O–H groups in total. The van der Waals surface area contributed by atoms with E-state index in [0.29, 0.717) is 31.7 Å². The van der Waals surface area contributed by atoms with Crippen molar-refractivity contribution in [3.8, 4) is 0 Å². The molecule has 1 saturated heterocycles. The van der Waals surface area contributed by atoms with Crippen LogP contribution < -0.4 is 10.2 Å². The minimum atomic E-state index is -0.488. The summed E-state index contributed by atoms with van der Waals surface area (Å²) in [6.45, 7) is 6.32. The molecule has 32 heavy (non-hydrogen) atoms. The summed E-state index contributed by atoms with van der Waals surface area (Å²) in [4.78, 5) is 29.0. The van der Waals surface area contributed by atoms with Gasteiger partial charge in [0.05, 0.1) is 5.56 Å². The van der Waals surface area contributed by atoms with Gasteiger partial charge in [-0.1, -0.05) is 29.3 Å². The molecule has 2 amide bonds. The second-order valence-corrected chi connectivity index (χ2v) is 8.14. The lowest BCUT2D eigenvalue weighted by atomic mass is 10.1. The number of nitrogens with one attached hydrogen (secondary N) is 1. The van der Waals surface area contributed by atoms with Gasteiger partial charge in [-0.25, -0.2) is 4.39 Å². The molecule has 4 rings (SSSR count). The molecular weight excluding hydrogens is 405 g/mol. The minimum Gasteiger partial charge on any atom is -0.368 e. The van der Waals surface area contributed by atoms with Crippen LogP contribution in [-0.2, 0) is 0 Å². The van der Waals surface area contributed by atoms with Crippen LogP contribution in [-0.4, -0.2) is 42.9 Å². The Balaban J connectivity index is 1.35. The highest BCUT2D eigenvalue weighted by Crippen LogP contribution is 2.21. The molecule has 6 heteroatoms. The van der Waals surface area contributed by atoms with Crippen molar-refractivity contribution in [1.29, 1.82) is 0 Å². The molecule has 5 nitrogen and oxygen atoms in total. The molecule has 3 aromatic carbocycles. The van der Waals surface area contributed by atoms with Crippen LogP contribution in [0.15, 0.2) is 66.7 Å². The number of nitrogens with zero attached hydrogens (tertiary/aromatic N) is 2. The van der Waals surface area contributed by atoms with Gasteiger partial charge in [-0.3, -0.25) is 9.59 Å². The van der Waals surface area contributed by atoms with Crippen LogP contribution in [0.4, 0.5) is 15.8 Å².